The normalized spacial score (nSPS) is 18.6. The molecule has 1 saturated heterocycles. The number of sulfone groups is 1. The van der Waals surface area contributed by atoms with E-state index in [0.717, 1.165) is 46.3 Å². The number of benzene rings is 2. The Labute approximate surface area is 159 Å². The van der Waals surface area contributed by atoms with Crippen LogP contribution in [0.2, 0.25) is 0 Å². The molecule has 2 heterocycles. The predicted molar refractivity (Wildman–Crippen MR) is 107 cm³/mol. The molecule has 1 fully saturated rings. The van der Waals surface area contributed by atoms with Crippen molar-refractivity contribution in [3.63, 3.8) is 0 Å². The molecular weight excluding hydrogens is 360 g/mol. The monoisotopic (exact) mass is 382 g/mol. The zero-order valence-corrected chi connectivity index (χ0v) is 16.1. The third-order valence-electron chi connectivity index (χ3n) is 5.05. The van der Waals surface area contributed by atoms with E-state index < -0.39 is 9.84 Å². The summed E-state index contributed by atoms with van der Waals surface area (Å²) < 4.78 is 28.9. The number of rotatable bonds is 5. The lowest BCUT2D eigenvalue weighted by Gasteiger charge is -2.11. The van der Waals surface area contributed by atoms with Gasteiger partial charge < -0.3 is 4.74 Å². The van der Waals surface area contributed by atoms with Crippen molar-refractivity contribution in [1.29, 1.82) is 0 Å². The van der Waals surface area contributed by atoms with E-state index in [-0.39, 0.29) is 5.92 Å². The first-order valence-corrected chi connectivity index (χ1v) is 11.0. The average Bonchev–Trinajstić information content (AvgIpc) is 3.01. The molecule has 1 unspecified atom stereocenters. The highest BCUT2D eigenvalue weighted by atomic mass is 32.2. The molecule has 0 bridgehead atoms. The minimum absolute atomic E-state index is 0.231. The molecule has 27 heavy (non-hydrogen) atoms. The molecule has 4 rings (SSSR count). The van der Waals surface area contributed by atoms with Gasteiger partial charge in [0.2, 0.25) is 0 Å². The highest BCUT2D eigenvalue weighted by Crippen LogP contribution is 2.27. The SMILES string of the molecule is Cc1ncc(-c2ccc3cc(OCCC4CCS(=O)(=O)C4)ccc3c2)cn1. The van der Waals surface area contributed by atoms with E-state index >= 15 is 0 Å². The second-order valence-electron chi connectivity index (χ2n) is 7.15. The van der Waals surface area contributed by atoms with Crippen LogP contribution in [0.15, 0.2) is 48.8 Å². The maximum Gasteiger partial charge on any atom is 0.150 e. The molecule has 0 spiro atoms. The van der Waals surface area contributed by atoms with Gasteiger partial charge in [-0.25, -0.2) is 18.4 Å². The van der Waals surface area contributed by atoms with Crippen molar-refractivity contribution in [2.45, 2.75) is 19.8 Å². The molecule has 0 amide bonds. The van der Waals surface area contributed by atoms with Gasteiger partial charge >= 0.3 is 0 Å². The first kappa shape index (κ1) is 17.9. The van der Waals surface area contributed by atoms with Crippen LogP contribution in [0.3, 0.4) is 0 Å². The van der Waals surface area contributed by atoms with Crippen LogP contribution >= 0.6 is 0 Å². The Morgan fingerprint density at radius 2 is 1.78 bits per heavy atom. The lowest BCUT2D eigenvalue weighted by atomic mass is 10.0. The van der Waals surface area contributed by atoms with Crippen LogP contribution in [-0.4, -0.2) is 36.5 Å². The van der Waals surface area contributed by atoms with Gasteiger partial charge in [0.05, 0.1) is 18.1 Å². The number of hydrogen-bond donors (Lipinski definition) is 0. The van der Waals surface area contributed by atoms with E-state index in [2.05, 4.69) is 28.2 Å². The Morgan fingerprint density at radius 1 is 1.04 bits per heavy atom. The van der Waals surface area contributed by atoms with Gasteiger partial charge in [-0.3, -0.25) is 0 Å². The number of hydrogen-bond acceptors (Lipinski definition) is 5. The van der Waals surface area contributed by atoms with E-state index in [9.17, 15) is 8.42 Å². The second-order valence-corrected chi connectivity index (χ2v) is 9.38. The third kappa shape index (κ3) is 4.27. The standard InChI is InChI=1S/C21H22N2O3S/c1-15-22-12-20(13-23-15)18-2-3-19-11-21(5-4-17(19)10-18)26-8-6-16-7-9-27(24,25)14-16/h2-5,10-13,16H,6-9,14H2,1H3. The number of aryl methyl sites for hydroxylation is 1. The summed E-state index contributed by atoms with van der Waals surface area (Å²) in [6.45, 7) is 2.42. The van der Waals surface area contributed by atoms with Gasteiger partial charge in [-0.15, -0.1) is 0 Å². The molecule has 6 heteroatoms. The van der Waals surface area contributed by atoms with Crippen molar-refractivity contribution < 1.29 is 13.2 Å². The Bertz CT molecular complexity index is 1060. The van der Waals surface area contributed by atoms with Crippen LogP contribution in [0, 0.1) is 12.8 Å². The maximum absolute atomic E-state index is 11.5. The van der Waals surface area contributed by atoms with Crippen LogP contribution < -0.4 is 4.74 Å². The minimum atomic E-state index is -2.81. The average molecular weight is 382 g/mol. The van der Waals surface area contributed by atoms with E-state index in [4.69, 9.17) is 4.74 Å². The molecule has 3 aromatic rings. The molecule has 0 aliphatic carbocycles. The highest BCUT2D eigenvalue weighted by molar-refractivity contribution is 7.91. The fraction of sp³-hybridized carbons (Fsp3) is 0.333. The van der Waals surface area contributed by atoms with Crippen molar-refractivity contribution in [2.75, 3.05) is 18.1 Å². The summed E-state index contributed by atoms with van der Waals surface area (Å²) >= 11 is 0. The minimum Gasteiger partial charge on any atom is -0.494 e. The van der Waals surface area contributed by atoms with E-state index in [1.807, 2.05) is 37.5 Å². The number of aromatic nitrogens is 2. The van der Waals surface area contributed by atoms with Crippen molar-refractivity contribution in [1.82, 2.24) is 9.97 Å². The van der Waals surface area contributed by atoms with E-state index in [1.54, 1.807) is 0 Å². The summed E-state index contributed by atoms with van der Waals surface area (Å²) in [6, 6.07) is 12.3. The Hall–Kier alpha value is -2.47. The summed E-state index contributed by atoms with van der Waals surface area (Å²) in [7, 11) is -2.81. The smallest absolute Gasteiger partial charge is 0.150 e. The lowest BCUT2D eigenvalue weighted by Crippen LogP contribution is -2.09. The molecule has 1 aliphatic rings. The Kier molecular flexibility index (Phi) is 4.83. The van der Waals surface area contributed by atoms with Gasteiger partial charge in [-0.1, -0.05) is 18.2 Å². The van der Waals surface area contributed by atoms with Crippen LogP contribution in [0.1, 0.15) is 18.7 Å². The molecule has 0 saturated carbocycles. The topological polar surface area (TPSA) is 69.2 Å². The summed E-state index contributed by atoms with van der Waals surface area (Å²) in [6.07, 6.45) is 5.22. The van der Waals surface area contributed by atoms with Crippen molar-refractivity contribution >= 4 is 20.6 Å². The molecule has 1 aromatic heterocycles. The van der Waals surface area contributed by atoms with Gasteiger partial charge in [-0.2, -0.15) is 0 Å². The van der Waals surface area contributed by atoms with Crippen molar-refractivity contribution in [3.05, 3.63) is 54.6 Å². The van der Waals surface area contributed by atoms with Gasteiger partial charge in [-0.05, 0) is 60.2 Å². The Morgan fingerprint density at radius 3 is 2.52 bits per heavy atom. The Balaban J connectivity index is 1.43. The fourth-order valence-corrected chi connectivity index (χ4v) is 5.39. The summed E-state index contributed by atoms with van der Waals surface area (Å²) in [5.41, 5.74) is 2.08. The largest absolute Gasteiger partial charge is 0.494 e. The number of fused-ring (bicyclic) bond motifs is 1. The summed E-state index contributed by atoms with van der Waals surface area (Å²) in [5.74, 6) is 2.43. The molecule has 2 aromatic carbocycles. The van der Waals surface area contributed by atoms with Crippen LogP contribution in [-0.2, 0) is 9.84 Å². The first-order chi connectivity index (χ1) is 13.0. The van der Waals surface area contributed by atoms with Gasteiger partial charge in [0.25, 0.3) is 0 Å². The second kappa shape index (κ2) is 7.27. The zero-order valence-electron chi connectivity index (χ0n) is 15.3. The van der Waals surface area contributed by atoms with E-state index in [0.29, 0.717) is 18.1 Å². The van der Waals surface area contributed by atoms with Crippen LogP contribution in [0.25, 0.3) is 21.9 Å². The van der Waals surface area contributed by atoms with Gasteiger partial charge in [0.15, 0.2) is 9.84 Å². The molecule has 140 valence electrons. The van der Waals surface area contributed by atoms with Gasteiger partial charge in [0.1, 0.15) is 11.6 Å². The molecule has 1 atom stereocenters. The highest BCUT2D eigenvalue weighted by Gasteiger charge is 2.27. The number of ether oxygens (including phenoxy) is 1. The quantitative estimate of drug-likeness (QED) is 0.671. The zero-order chi connectivity index (χ0) is 18.9. The predicted octanol–water partition coefficient (Wildman–Crippen LogP) is 3.81. The molecule has 0 radical (unpaired) electrons. The van der Waals surface area contributed by atoms with Gasteiger partial charge in [0, 0.05) is 18.0 Å². The summed E-state index contributed by atoms with van der Waals surface area (Å²) in [5, 5.41) is 2.23. The lowest BCUT2D eigenvalue weighted by molar-refractivity contribution is 0.286. The maximum atomic E-state index is 11.5. The first-order valence-electron chi connectivity index (χ1n) is 9.15. The number of nitrogens with zero attached hydrogens (tertiary/aromatic N) is 2. The van der Waals surface area contributed by atoms with Crippen molar-refractivity contribution in [3.8, 4) is 16.9 Å². The molecule has 1 aliphatic heterocycles. The summed E-state index contributed by atoms with van der Waals surface area (Å²) in [4.78, 5) is 8.51. The third-order valence-corrected chi connectivity index (χ3v) is 6.88. The molecule has 0 N–H and O–H groups in total. The van der Waals surface area contributed by atoms with E-state index in [1.165, 1.54) is 0 Å². The van der Waals surface area contributed by atoms with Crippen LogP contribution in [0.4, 0.5) is 0 Å². The fourth-order valence-electron chi connectivity index (χ4n) is 3.48. The molecule has 5 nitrogen and oxygen atoms in total. The molecular formula is C21H22N2O3S. The van der Waals surface area contributed by atoms with Crippen LogP contribution in [0.5, 0.6) is 5.75 Å². The van der Waals surface area contributed by atoms with Crippen molar-refractivity contribution in [2.24, 2.45) is 5.92 Å².